The van der Waals surface area contributed by atoms with Gasteiger partial charge in [-0.1, -0.05) is 18.2 Å². The van der Waals surface area contributed by atoms with Crippen LogP contribution in [0.3, 0.4) is 0 Å². The van der Waals surface area contributed by atoms with E-state index in [0.29, 0.717) is 24.6 Å². The van der Waals surface area contributed by atoms with Crippen molar-refractivity contribution in [2.24, 2.45) is 0 Å². The van der Waals surface area contributed by atoms with E-state index in [1.807, 2.05) is 49.4 Å². The van der Waals surface area contributed by atoms with Crippen LogP contribution in [-0.4, -0.2) is 31.7 Å². The fourth-order valence-corrected chi connectivity index (χ4v) is 2.12. The molecular formula is C18H22N2O3. The summed E-state index contributed by atoms with van der Waals surface area (Å²) in [6, 6.07) is 14.8. The molecule has 0 saturated carbocycles. The molecule has 0 aliphatic rings. The minimum atomic E-state index is -0.174. The summed E-state index contributed by atoms with van der Waals surface area (Å²) in [5, 5.41) is 2.85. The minimum Gasteiger partial charge on any atom is -0.497 e. The van der Waals surface area contributed by atoms with Crippen LogP contribution in [-0.2, 0) is 6.54 Å². The van der Waals surface area contributed by atoms with Crippen LogP contribution in [0.1, 0.15) is 12.5 Å². The predicted octanol–water partition coefficient (Wildman–Crippen LogP) is 3.76. The topological polar surface area (TPSA) is 50.8 Å². The van der Waals surface area contributed by atoms with Crippen molar-refractivity contribution >= 4 is 11.7 Å². The number of nitrogens with one attached hydrogen (secondary N) is 1. The number of carbonyl (C=O) groups is 1. The molecule has 23 heavy (non-hydrogen) atoms. The number of benzene rings is 2. The van der Waals surface area contributed by atoms with E-state index < -0.39 is 0 Å². The zero-order valence-electron chi connectivity index (χ0n) is 13.7. The summed E-state index contributed by atoms with van der Waals surface area (Å²) < 4.78 is 10.6. The van der Waals surface area contributed by atoms with Gasteiger partial charge in [0.15, 0.2) is 0 Å². The Kier molecular flexibility index (Phi) is 5.86. The third-order valence-corrected chi connectivity index (χ3v) is 3.32. The number of ether oxygens (including phenoxy) is 2. The summed E-state index contributed by atoms with van der Waals surface area (Å²) in [5.41, 5.74) is 1.74. The summed E-state index contributed by atoms with van der Waals surface area (Å²) in [4.78, 5) is 13.9. The Bertz CT molecular complexity index is 641. The highest BCUT2D eigenvalue weighted by atomic mass is 16.5. The average molecular weight is 314 g/mol. The maximum Gasteiger partial charge on any atom is 0.321 e. The fourth-order valence-electron chi connectivity index (χ4n) is 2.12. The molecule has 1 N–H and O–H groups in total. The van der Waals surface area contributed by atoms with E-state index in [2.05, 4.69) is 5.32 Å². The van der Waals surface area contributed by atoms with Crippen molar-refractivity contribution in [2.45, 2.75) is 13.5 Å². The molecule has 5 nitrogen and oxygen atoms in total. The molecule has 5 heteroatoms. The van der Waals surface area contributed by atoms with E-state index in [1.165, 1.54) is 0 Å². The quantitative estimate of drug-likeness (QED) is 0.883. The lowest BCUT2D eigenvalue weighted by molar-refractivity contribution is 0.220. The zero-order chi connectivity index (χ0) is 16.7. The average Bonchev–Trinajstić information content (AvgIpc) is 2.57. The summed E-state index contributed by atoms with van der Waals surface area (Å²) in [7, 11) is 3.35. The van der Waals surface area contributed by atoms with E-state index >= 15 is 0 Å². The van der Waals surface area contributed by atoms with Crippen molar-refractivity contribution in [3.63, 3.8) is 0 Å². The van der Waals surface area contributed by atoms with E-state index in [1.54, 1.807) is 25.1 Å². The van der Waals surface area contributed by atoms with Crippen LogP contribution in [0.2, 0.25) is 0 Å². The van der Waals surface area contributed by atoms with Crippen molar-refractivity contribution in [1.29, 1.82) is 0 Å². The highest BCUT2D eigenvalue weighted by Crippen LogP contribution is 2.18. The van der Waals surface area contributed by atoms with Gasteiger partial charge in [0.1, 0.15) is 11.5 Å². The zero-order valence-corrected chi connectivity index (χ0v) is 13.7. The summed E-state index contributed by atoms with van der Waals surface area (Å²) in [6.07, 6.45) is 0. The van der Waals surface area contributed by atoms with Crippen molar-refractivity contribution < 1.29 is 14.3 Å². The minimum absolute atomic E-state index is 0.174. The lowest BCUT2D eigenvalue weighted by Gasteiger charge is -2.18. The fraction of sp³-hybridized carbons (Fsp3) is 0.278. The monoisotopic (exact) mass is 314 g/mol. The first-order chi connectivity index (χ1) is 11.1. The molecule has 0 fully saturated rings. The Morgan fingerprint density at radius 2 is 1.87 bits per heavy atom. The van der Waals surface area contributed by atoms with Gasteiger partial charge in [-0.2, -0.15) is 0 Å². The molecule has 0 unspecified atom stereocenters. The third-order valence-electron chi connectivity index (χ3n) is 3.32. The molecule has 2 rings (SSSR count). The van der Waals surface area contributed by atoms with Crippen LogP contribution in [0.25, 0.3) is 0 Å². The molecule has 0 atom stereocenters. The lowest BCUT2D eigenvalue weighted by Crippen LogP contribution is -2.30. The maximum atomic E-state index is 12.2. The van der Waals surface area contributed by atoms with Crippen molar-refractivity contribution in [1.82, 2.24) is 4.90 Å². The molecule has 2 aromatic rings. The van der Waals surface area contributed by atoms with Crippen molar-refractivity contribution in [2.75, 3.05) is 26.1 Å². The van der Waals surface area contributed by atoms with Crippen LogP contribution in [0.15, 0.2) is 48.5 Å². The number of anilines is 1. The number of rotatable bonds is 6. The lowest BCUT2D eigenvalue weighted by atomic mass is 10.2. The summed E-state index contributed by atoms with van der Waals surface area (Å²) in [6.45, 7) is 3.11. The van der Waals surface area contributed by atoms with E-state index in [4.69, 9.17) is 9.47 Å². The van der Waals surface area contributed by atoms with Gasteiger partial charge in [-0.25, -0.2) is 4.79 Å². The molecule has 2 amide bonds. The van der Waals surface area contributed by atoms with Gasteiger partial charge in [0.05, 0.1) is 13.7 Å². The van der Waals surface area contributed by atoms with Gasteiger partial charge in [-0.05, 0) is 36.8 Å². The number of carbonyl (C=O) groups excluding carboxylic acids is 1. The van der Waals surface area contributed by atoms with E-state index in [-0.39, 0.29) is 6.03 Å². The van der Waals surface area contributed by atoms with E-state index in [0.717, 1.165) is 11.3 Å². The molecule has 0 aliphatic heterocycles. The normalized spacial score (nSPS) is 10.0. The number of methoxy groups -OCH3 is 1. The molecule has 0 spiro atoms. The largest absolute Gasteiger partial charge is 0.497 e. The maximum absolute atomic E-state index is 12.2. The smallest absolute Gasteiger partial charge is 0.321 e. The summed E-state index contributed by atoms with van der Waals surface area (Å²) >= 11 is 0. The van der Waals surface area contributed by atoms with Gasteiger partial charge in [-0.3, -0.25) is 0 Å². The first-order valence-corrected chi connectivity index (χ1v) is 7.50. The first-order valence-electron chi connectivity index (χ1n) is 7.50. The molecule has 2 aromatic carbocycles. The molecule has 0 saturated heterocycles. The van der Waals surface area contributed by atoms with Crippen molar-refractivity contribution in [3.05, 3.63) is 54.1 Å². The Labute approximate surface area is 136 Å². The molecule has 0 aromatic heterocycles. The highest BCUT2D eigenvalue weighted by molar-refractivity contribution is 5.89. The number of urea groups is 1. The number of hydrogen-bond donors (Lipinski definition) is 1. The predicted molar refractivity (Wildman–Crippen MR) is 91.1 cm³/mol. The second kappa shape index (κ2) is 8.08. The van der Waals surface area contributed by atoms with Crippen molar-refractivity contribution in [3.8, 4) is 11.5 Å². The van der Waals surface area contributed by atoms with Gasteiger partial charge in [-0.15, -0.1) is 0 Å². The standard InChI is InChI=1S/C18H22N2O3/c1-4-23-16-10-8-14(9-11-16)13-20(2)18(21)19-15-6-5-7-17(12-15)22-3/h5-12H,4,13H2,1-3H3,(H,19,21). The number of hydrogen-bond acceptors (Lipinski definition) is 3. The molecule has 0 heterocycles. The molecule has 122 valence electrons. The second-order valence-electron chi connectivity index (χ2n) is 5.10. The van der Waals surface area contributed by atoms with Gasteiger partial charge >= 0.3 is 6.03 Å². The number of amides is 2. The van der Waals surface area contributed by atoms with Crippen LogP contribution in [0.4, 0.5) is 10.5 Å². The number of nitrogens with zero attached hydrogens (tertiary/aromatic N) is 1. The molecular weight excluding hydrogens is 292 g/mol. The first kappa shape index (κ1) is 16.7. The highest BCUT2D eigenvalue weighted by Gasteiger charge is 2.10. The van der Waals surface area contributed by atoms with Crippen LogP contribution >= 0.6 is 0 Å². The SMILES string of the molecule is CCOc1ccc(CN(C)C(=O)Nc2cccc(OC)c2)cc1. The third kappa shape index (κ3) is 4.92. The Balaban J connectivity index is 1.93. The Hall–Kier alpha value is -2.69. The Morgan fingerprint density at radius 3 is 2.52 bits per heavy atom. The van der Waals surface area contributed by atoms with Crippen LogP contribution in [0, 0.1) is 0 Å². The van der Waals surface area contributed by atoms with Crippen LogP contribution < -0.4 is 14.8 Å². The van der Waals surface area contributed by atoms with Gasteiger partial charge in [0.2, 0.25) is 0 Å². The second-order valence-corrected chi connectivity index (χ2v) is 5.10. The summed E-state index contributed by atoms with van der Waals surface area (Å²) in [5.74, 6) is 1.54. The molecule has 0 aliphatic carbocycles. The van der Waals surface area contributed by atoms with E-state index in [9.17, 15) is 4.79 Å². The molecule has 0 radical (unpaired) electrons. The van der Waals surface area contributed by atoms with Gasteiger partial charge in [0, 0.05) is 25.3 Å². The van der Waals surface area contributed by atoms with Gasteiger partial charge in [0.25, 0.3) is 0 Å². The Morgan fingerprint density at radius 1 is 1.13 bits per heavy atom. The molecule has 0 bridgehead atoms. The van der Waals surface area contributed by atoms with Crippen LogP contribution in [0.5, 0.6) is 11.5 Å². The van der Waals surface area contributed by atoms with Gasteiger partial charge < -0.3 is 19.7 Å².